The fourth-order valence-corrected chi connectivity index (χ4v) is 3.01. The van der Waals surface area contributed by atoms with Crippen LogP contribution in [0.3, 0.4) is 0 Å². The van der Waals surface area contributed by atoms with Gasteiger partial charge in [0.25, 0.3) is 0 Å². The van der Waals surface area contributed by atoms with E-state index in [0.717, 1.165) is 23.0 Å². The third-order valence-corrected chi connectivity index (χ3v) is 4.33. The predicted molar refractivity (Wildman–Crippen MR) is 90.2 cm³/mol. The van der Waals surface area contributed by atoms with Gasteiger partial charge in [0.2, 0.25) is 0 Å². The first-order valence-electron chi connectivity index (χ1n) is 6.77. The minimum Gasteiger partial charge on any atom is -0.481 e. The van der Waals surface area contributed by atoms with Gasteiger partial charge in [-0.2, -0.15) is 0 Å². The van der Waals surface area contributed by atoms with Gasteiger partial charge in [0.1, 0.15) is 0 Å². The summed E-state index contributed by atoms with van der Waals surface area (Å²) in [4.78, 5) is 10.9. The Morgan fingerprint density at radius 1 is 1.09 bits per heavy atom. The summed E-state index contributed by atoms with van der Waals surface area (Å²) in [6.07, 6.45) is 0. The topological polar surface area (TPSA) is 68.0 Å². The van der Waals surface area contributed by atoms with Gasteiger partial charge in [-0.05, 0) is 24.3 Å². The highest BCUT2D eigenvalue weighted by Crippen LogP contribution is 2.31. The Bertz CT molecular complexity index is 836. The van der Waals surface area contributed by atoms with Crippen LogP contribution in [-0.4, -0.2) is 31.6 Å². The highest BCUT2D eigenvalue weighted by molar-refractivity contribution is 7.99. The van der Waals surface area contributed by atoms with Crippen LogP contribution in [0.1, 0.15) is 0 Å². The molecule has 1 heterocycles. The summed E-state index contributed by atoms with van der Waals surface area (Å²) < 4.78 is 1.81. The molecule has 116 valence electrons. The number of benzene rings is 2. The van der Waals surface area contributed by atoms with Crippen LogP contribution in [-0.2, 0) is 4.79 Å². The standard InChI is InChI=1S/C16H12ClN3O2S/c17-13-9-5-4-8-12(13)15-18-19-16(23-10-14(21)22)20(15)11-6-2-1-3-7-11/h1-9H,10H2,(H,21,22). The van der Waals surface area contributed by atoms with E-state index >= 15 is 0 Å². The van der Waals surface area contributed by atoms with Gasteiger partial charge in [0.05, 0.1) is 10.8 Å². The molecule has 5 nitrogen and oxygen atoms in total. The van der Waals surface area contributed by atoms with E-state index in [2.05, 4.69) is 10.2 Å². The molecule has 0 aliphatic carbocycles. The average molecular weight is 346 g/mol. The lowest BCUT2D eigenvalue weighted by atomic mass is 10.2. The molecule has 0 spiro atoms. The number of carbonyl (C=O) groups is 1. The second-order valence-electron chi connectivity index (χ2n) is 4.64. The maximum absolute atomic E-state index is 10.9. The molecular formula is C16H12ClN3O2S. The van der Waals surface area contributed by atoms with Crippen molar-refractivity contribution in [1.82, 2.24) is 14.8 Å². The number of rotatable bonds is 5. The number of hydrogen-bond acceptors (Lipinski definition) is 4. The summed E-state index contributed by atoms with van der Waals surface area (Å²) in [6, 6.07) is 16.9. The number of halogens is 1. The van der Waals surface area contributed by atoms with E-state index in [-0.39, 0.29) is 5.75 Å². The van der Waals surface area contributed by atoms with Crippen molar-refractivity contribution < 1.29 is 9.90 Å². The number of para-hydroxylation sites is 1. The summed E-state index contributed by atoms with van der Waals surface area (Å²) in [7, 11) is 0. The quantitative estimate of drug-likeness (QED) is 0.713. The van der Waals surface area contributed by atoms with Crippen LogP contribution in [0.25, 0.3) is 17.1 Å². The molecule has 0 fully saturated rings. The number of aliphatic carboxylic acids is 1. The highest BCUT2D eigenvalue weighted by Gasteiger charge is 2.18. The van der Waals surface area contributed by atoms with Crippen molar-refractivity contribution in [1.29, 1.82) is 0 Å². The van der Waals surface area contributed by atoms with Gasteiger partial charge in [0.15, 0.2) is 11.0 Å². The van der Waals surface area contributed by atoms with Crippen LogP contribution in [0, 0.1) is 0 Å². The Labute approximate surface area is 141 Å². The van der Waals surface area contributed by atoms with Gasteiger partial charge in [0, 0.05) is 11.3 Å². The number of aromatic nitrogens is 3. The van der Waals surface area contributed by atoms with Gasteiger partial charge in [-0.3, -0.25) is 9.36 Å². The van der Waals surface area contributed by atoms with Gasteiger partial charge in [-0.15, -0.1) is 10.2 Å². The Morgan fingerprint density at radius 2 is 1.78 bits per heavy atom. The van der Waals surface area contributed by atoms with Crippen molar-refractivity contribution in [3.05, 3.63) is 59.6 Å². The lowest BCUT2D eigenvalue weighted by molar-refractivity contribution is -0.133. The summed E-state index contributed by atoms with van der Waals surface area (Å²) in [5.41, 5.74) is 1.59. The molecule has 0 aliphatic heterocycles. The second-order valence-corrected chi connectivity index (χ2v) is 5.99. The predicted octanol–water partition coefficient (Wildman–Crippen LogP) is 3.76. The first-order chi connectivity index (χ1) is 11.2. The van der Waals surface area contributed by atoms with E-state index in [1.807, 2.05) is 53.1 Å². The Hall–Kier alpha value is -2.31. The van der Waals surface area contributed by atoms with Crippen molar-refractivity contribution in [3.8, 4) is 17.1 Å². The molecule has 0 bridgehead atoms. The molecule has 3 rings (SSSR count). The molecule has 23 heavy (non-hydrogen) atoms. The third-order valence-electron chi connectivity index (χ3n) is 3.09. The maximum atomic E-state index is 10.9. The third kappa shape index (κ3) is 3.38. The van der Waals surface area contributed by atoms with E-state index in [9.17, 15) is 4.79 Å². The fourth-order valence-electron chi connectivity index (χ4n) is 2.12. The molecule has 0 radical (unpaired) electrons. The minimum absolute atomic E-state index is 0.0898. The Kier molecular flexibility index (Phi) is 4.64. The van der Waals surface area contributed by atoms with E-state index in [0.29, 0.717) is 16.0 Å². The van der Waals surface area contributed by atoms with Crippen LogP contribution < -0.4 is 0 Å². The molecule has 0 aliphatic rings. The van der Waals surface area contributed by atoms with E-state index in [1.165, 1.54) is 0 Å². The molecule has 0 atom stereocenters. The zero-order valence-corrected chi connectivity index (χ0v) is 13.5. The number of hydrogen-bond donors (Lipinski definition) is 1. The molecule has 1 N–H and O–H groups in total. The largest absolute Gasteiger partial charge is 0.481 e. The Morgan fingerprint density at radius 3 is 2.48 bits per heavy atom. The van der Waals surface area contributed by atoms with Crippen molar-refractivity contribution in [3.63, 3.8) is 0 Å². The van der Waals surface area contributed by atoms with Gasteiger partial charge in [-0.1, -0.05) is 53.7 Å². The van der Waals surface area contributed by atoms with Gasteiger partial charge >= 0.3 is 5.97 Å². The van der Waals surface area contributed by atoms with Crippen molar-refractivity contribution in [2.45, 2.75) is 5.16 Å². The summed E-state index contributed by atoms with van der Waals surface area (Å²) in [6.45, 7) is 0. The lowest BCUT2D eigenvalue weighted by Gasteiger charge is -2.10. The SMILES string of the molecule is O=C(O)CSc1nnc(-c2ccccc2Cl)n1-c1ccccc1. The van der Waals surface area contributed by atoms with Crippen LogP contribution >= 0.6 is 23.4 Å². The van der Waals surface area contributed by atoms with E-state index in [1.54, 1.807) is 6.07 Å². The number of thioether (sulfide) groups is 1. The average Bonchev–Trinajstić information content (AvgIpc) is 2.98. The van der Waals surface area contributed by atoms with Crippen LogP contribution in [0.4, 0.5) is 0 Å². The molecule has 0 amide bonds. The van der Waals surface area contributed by atoms with E-state index < -0.39 is 5.97 Å². The van der Waals surface area contributed by atoms with Crippen molar-refractivity contribution in [2.24, 2.45) is 0 Å². The van der Waals surface area contributed by atoms with Gasteiger partial charge < -0.3 is 5.11 Å². The smallest absolute Gasteiger partial charge is 0.313 e. The summed E-state index contributed by atoms with van der Waals surface area (Å²) in [5, 5.41) is 18.3. The zero-order valence-electron chi connectivity index (χ0n) is 11.9. The zero-order chi connectivity index (χ0) is 16.2. The fraction of sp³-hybridized carbons (Fsp3) is 0.0625. The maximum Gasteiger partial charge on any atom is 0.313 e. The minimum atomic E-state index is -0.906. The summed E-state index contributed by atoms with van der Waals surface area (Å²) >= 11 is 7.39. The number of carboxylic acids is 1. The molecule has 2 aromatic carbocycles. The molecule has 1 aromatic heterocycles. The van der Waals surface area contributed by atoms with E-state index in [4.69, 9.17) is 16.7 Å². The normalized spacial score (nSPS) is 10.7. The van der Waals surface area contributed by atoms with Crippen molar-refractivity contribution >= 4 is 29.3 Å². The number of carboxylic acid groups (broad SMARTS) is 1. The van der Waals surface area contributed by atoms with Crippen molar-refractivity contribution in [2.75, 3.05) is 5.75 Å². The molecule has 0 saturated heterocycles. The number of nitrogens with zero attached hydrogens (tertiary/aromatic N) is 3. The molecule has 0 saturated carbocycles. The Balaban J connectivity index is 2.14. The first-order valence-corrected chi connectivity index (χ1v) is 8.13. The summed E-state index contributed by atoms with van der Waals surface area (Å²) in [5.74, 6) is -0.417. The second kappa shape index (κ2) is 6.85. The highest BCUT2D eigenvalue weighted by atomic mass is 35.5. The molecule has 7 heteroatoms. The van der Waals surface area contributed by atoms with Crippen LogP contribution in [0.15, 0.2) is 59.8 Å². The molecule has 3 aromatic rings. The van der Waals surface area contributed by atoms with Crippen LogP contribution in [0.5, 0.6) is 0 Å². The lowest BCUT2D eigenvalue weighted by Crippen LogP contribution is -2.03. The van der Waals surface area contributed by atoms with Gasteiger partial charge in [-0.25, -0.2) is 0 Å². The monoisotopic (exact) mass is 345 g/mol. The molecule has 0 unspecified atom stereocenters. The molecular weight excluding hydrogens is 334 g/mol. The first kappa shape index (κ1) is 15.6. The van der Waals surface area contributed by atoms with Crippen LogP contribution in [0.2, 0.25) is 5.02 Å².